The fraction of sp³-hybridized carbons (Fsp3) is 0.136. The topological polar surface area (TPSA) is 102 Å². The number of sulfonamides is 1. The Morgan fingerprint density at radius 2 is 1.26 bits per heavy atom. The first-order valence-electron chi connectivity index (χ1n) is 9.30. The Morgan fingerprint density at radius 3 is 1.74 bits per heavy atom. The number of anilines is 1. The Kier molecular flexibility index (Phi) is 6.47. The van der Waals surface area contributed by atoms with E-state index >= 15 is 0 Å². The molecule has 0 spiro atoms. The van der Waals surface area contributed by atoms with Gasteiger partial charge in [-0.1, -0.05) is 39.2 Å². The number of hydrogen-bond acceptors (Lipinski definition) is 5. The lowest BCUT2D eigenvalue weighted by molar-refractivity contribution is -0.131. The second-order valence-electron chi connectivity index (χ2n) is 6.92. The second-order valence-corrected chi connectivity index (χ2v) is 10.7. The van der Waals surface area contributed by atoms with E-state index in [-0.39, 0.29) is 9.79 Å². The van der Waals surface area contributed by atoms with E-state index in [1.807, 2.05) is 13.8 Å². The normalized spacial score (nSPS) is 13.1. The zero-order chi connectivity index (χ0) is 22.6. The maximum atomic E-state index is 13.8. The average Bonchev–Trinajstić information content (AvgIpc) is 2.69. The highest BCUT2D eigenvalue weighted by Gasteiger charge is 2.21. The molecule has 0 bridgehead atoms. The van der Waals surface area contributed by atoms with E-state index in [0.29, 0.717) is 11.4 Å². The molecule has 3 aromatic carbocycles. The number of carbonyl (C=O) groups is 1. The molecule has 0 aliphatic heterocycles. The van der Waals surface area contributed by atoms with Crippen molar-refractivity contribution in [3.05, 3.63) is 83.9 Å². The molecule has 3 aromatic rings. The third kappa shape index (κ3) is 5.71. The van der Waals surface area contributed by atoms with Crippen LogP contribution in [0.2, 0.25) is 0 Å². The van der Waals surface area contributed by atoms with E-state index in [1.54, 1.807) is 36.4 Å². The minimum atomic E-state index is -4.22. The molecule has 1 N–H and O–H groups in total. The Hall–Kier alpha value is -3.17. The first-order chi connectivity index (χ1) is 14.6. The quantitative estimate of drug-likeness (QED) is 0.434. The summed E-state index contributed by atoms with van der Waals surface area (Å²) < 4.78 is 51.2. The number of nitrogens with zero attached hydrogens (tertiary/aromatic N) is 1. The van der Waals surface area contributed by atoms with Gasteiger partial charge >= 0.3 is 5.97 Å². The molecule has 9 heteroatoms. The van der Waals surface area contributed by atoms with Gasteiger partial charge in [-0.2, -0.15) is 8.42 Å². The van der Waals surface area contributed by atoms with Crippen LogP contribution in [-0.2, 0) is 24.7 Å². The van der Waals surface area contributed by atoms with Gasteiger partial charge in [-0.25, -0.2) is 4.21 Å². The van der Waals surface area contributed by atoms with Gasteiger partial charge in [-0.3, -0.25) is 9.52 Å². The molecule has 0 aliphatic carbocycles. The number of nitrogens with one attached hydrogen (secondary N) is 1. The molecule has 0 aliphatic rings. The van der Waals surface area contributed by atoms with Crippen molar-refractivity contribution in [2.24, 2.45) is 3.77 Å². The Labute approximate surface area is 182 Å². The third-order valence-electron chi connectivity index (χ3n) is 4.23. The number of ether oxygens (including phenoxy) is 1. The molecule has 0 saturated carbocycles. The zero-order valence-electron chi connectivity index (χ0n) is 17.2. The van der Waals surface area contributed by atoms with Gasteiger partial charge in [0, 0.05) is 12.6 Å². The molecule has 31 heavy (non-hydrogen) atoms. The molecule has 0 aromatic heterocycles. The number of carbonyl (C=O) groups excluding carboxylic acids is 1. The van der Waals surface area contributed by atoms with Crippen LogP contribution in [0.1, 0.15) is 18.1 Å². The number of rotatable bonds is 6. The molecule has 162 valence electrons. The fourth-order valence-corrected chi connectivity index (χ4v) is 6.15. The summed E-state index contributed by atoms with van der Waals surface area (Å²) >= 11 is 0. The third-order valence-corrected chi connectivity index (χ3v) is 8.15. The molecule has 7 nitrogen and oxygen atoms in total. The van der Waals surface area contributed by atoms with Crippen LogP contribution in [-0.4, -0.2) is 18.6 Å². The highest BCUT2D eigenvalue weighted by molar-refractivity contribution is 8.04. The summed E-state index contributed by atoms with van der Waals surface area (Å²) in [7, 11) is -7.83. The predicted molar refractivity (Wildman–Crippen MR) is 120 cm³/mol. The Bertz CT molecular complexity index is 1310. The molecule has 0 fully saturated rings. The molecule has 1 unspecified atom stereocenters. The maximum absolute atomic E-state index is 13.8. The van der Waals surface area contributed by atoms with Gasteiger partial charge in [-0.15, -0.1) is 0 Å². The molecular formula is C22H22N2O5S2. The van der Waals surface area contributed by atoms with Crippen molar-refractivity contribution in [1.29, 1.82) is 0 Å². The number of esters is 1. The molecule has 0 amide bonds. The standard InChI is InChI=1S/C22H22N2O5S2/c1-16-4-12-21(13-5-16)30(26,23-19-8-10-20(11-9-19)29-18(3)25)24-31(27,28)22-14-6-17(2)7-15-22/h4-15H,1-3H3,(H,23,24,26). The van der Waals surface area contributed by atoms with Crippen molar-refractivity contribution in [3.8, 4) is 5.75 Å². The number of benzene rings is 3. The SMILES string of the molecule is CC(=O)Oc1ccc(NS(=O)(=NS(=O)(=O)c2ccc(C)cc2)c2ccc(C)cc2)cc1. The van der Waals surface area contributed by atoms with Crippen molar-refractivity contribution >= 4 is 31.6 Å². The van der Waals surface area contributed by atoms with Gasteiger partial charge in [0.25, 0.3) is 10.0 Å². The lowest BCUT2D eigenvalue weighted by atomic mass is 10.2. The van der Waals surface area contributed by atoms with Crippen molar-refractivity contribution in [2.45, 2.75) is 30.6 Å². The summed E-state index contributed by atoms with van der Waals surface area (Å²) in [5, 5.41) is 0. The molecule has 1 atom stereocenters. The monoisotopic (exact) mass is 458 g/mol. The lowest BCUT2D eigenvalue weighted by Crippen LogP contribution is -2.16. The Balaban J connectivity index is 2.08. The van der Waals surface area contributed by atoms with Gasteiger partial charge in [0.2, 0.25) is 0 Å². The lowest BCUT2D eigenvalue weighted by Gasteiger charge is -2.14. The predicted octanol–water partition coefficient (Wildman–Crippen LogP) is 4.47. The molecule has 0 saturated heterocycles. The van der Waals surface area contributed by atoms with Crippen LogP contribution in [0.5, 0.6) is 5.75 Å². The van der Waals surface area contributed by atoms with E-state index < -0.39 is 25.9 Å². The fourth-order valence-electron chi connectivity index (χ4n) is 2.65. The minimum absolute atomic E-state index is 0.0510. The molecule has 3 rings (SSSR count). The second kappa shape index (κ2) is 8.91. The summed E-state index contributed by atoms with van der Waals surface area (Å²) in [6, 6.07) is 18.8. The smallest absolute Gasteiger partial charge is 0.308 e. The van der Waals surface area contributed by atoms with Crippen LogP contribution in [0.4, 0.5) is 5.69 Å². The number of aryl methyl sites for hydroxylation is 2. The van der Waals surface area contributed by atoms with E-state index in [9.17, 15) is 17.4 Å². The highest BCUT2D eigenvalue weighted by Crippen LogP contribution is 2.24. The average molecular weight is 459 g/mol. The van der Waals surface area contributed by atoms with E-state index in [2.05, 4.69) is 8.49 Å². The summed E-state index contributed by atoms with van der Waals surface area (Å²) in [6.45, 7) is 4.99. The van der Waals surface area contributed by atoms with Crippen LogP contribution in [0.3, 0.4) is 0 Å². The number of hydrogen-bond donors (Lipinski definition) is 1. The summed E-state index contributed by atoms with van der Waals surface area (Å²) in [5.74, 6) is -0.160. The zero-order valence-corrected chi connectivity index (χ0v) is 18.9. The van der Waals surface area contributed by atoms with Crippen LogP contribution in [0.15, 0.2) is 86.4 Å². The Morgan fingerprint density at radius 1 is 0.774 bits per heavy atom. The summed E-state index contributed by atoms with van der Waals surface area (Å²) in [6.07, 6.45) is 0. The van der Waals surface area contributed by atoms with Crippen molar-refractivity contribution in [2.75, 3.05) is 4.72 Å². The van der Waals surface area contributed by atoms with Crippen LogP contribution in [0.25, 0.3) is 0 Å². The minimum Gasteiger partial charge on any atom is -0.427 e. The molecule has 0 heterocycles. The largest absolute Gasteiger partial charge is 0.427 e. The van der Waals surface area contributed by atoms with Crippen LogP contribution < -0.4 is 9.46 Å². The summed E-state index contributed by atoms with van der Waals surface area (Å²) in [4.78, 5) is 11.3. The van der Waals surface area contributed by atoms with E-state index in [1.165, 1.54) is 43.3 Å². The van der Waals surface area contributed by atoms with Crippen molar-refractivity contribution in [3.63, 3.8) is 0 Å². The summed E-state index contributed by atoms with van der Waals surface area (Å²) in [5.41, 5.74) is 2.17. The van der Waals surface area contributed by atoms with Crippen molar-refractivity contribution < 1.29 is 22.2 Å². The van der Waals surface area contributed by atoms with Crippen LogP contribution in [0, 0.1) is 13.8 Å². The van der Waals surface area contributed by atoms with E-state index in [4.69, 9.17) is 4.74 Å². The first kappa shape index (κ1) is 22.5. The van der Waals surface area contributed by atoms with Gasteiger partial charge in [-0.05, 0) is 62.4 Å². The van der Waals surface area contributed by atoms with Gasteiger partial charge in [0.05, 0.1) is 9.79 Å². The van der Waals surface area contributed by atoms with E-state index in [0.717, 1.165) is 11.1 Å². The van der Waals surface area contributed by atoms with Crippen LogP contribution >= 0.6 is 0 Å². The highest BCUT2D eigenvalue weighted by atomic mass is 32.3. The van der Waals surface area contributed by atoms with Gasteiger partial charge in [0.1, 0.15) is 5.75 Å². The molecule has 0 radical (unpaired) electrons. The first-order valence-corrected chi connectivity index (χ1v) is 12.3. The van der Waals surface area contributed by atoms with Crippen molar-refractivity contribution in [1.82, 2.24) is 0 Å². The van der Waals surface area contributed by atoms with Gasteiger partial charge in [0.15, 0.2) is 9.92 Å². The maximum Gasteiger partial charge on any atom is 0.308 e. The van der Waals surface area contributed by atoms with Gasteiger partial charge < -0.3 is 4.74 Å². The molecular weight excluding hydrogens is 436 g/mol.